The smallest absolute Gasteiger partial charge is 0.271 e. The molecule has 0 radical (unpaired) electrons. The number of hydrogen-bond donors (Lipinski definition) is 2. The van der Waals surface area contributed by atoms with Crippen LogP contribution in [0.4, 0.5) is 17.6 Å². The zero-order valence-electron chi connectivity index (χ0n) is 11.9. The fourth-order valence-electron chi connectivity index (χ4n) is 3.23. The van der Waals surface area contributed by atoms with E-state index in [1.807, 2.05) is 0 Å². The first kappa shape index (κ1) is 16.2. The highest BCUT2D eigenvalue weighted by Crippen LogP contribution is 2.46. The van der Waals surface area contributed by atoms with Gasteiger partial charge in [0.2, 0.25) is 0 Å². The van der Waals surface area contributed by atoms with Crippen LogP contribution in [-0.4, -0.2) is 6.18 Å². The SMILES string of the molecule is Cc1ccc(C(NN)C2CCCCC2C(F)(F)F)cc1F. The van der Waals surface area contributed by atoms with E-state index in [1.165, 1.54) is 6.07 Å². The molecule has 21 heavy (non-hydrogen) atoms. The summed E-state index contributed by atoms with van der Waals surface area (Å²) >= 11 is 0. The fraction of sp³-hybridized carbons (Fsp3) is 0.600. The zero-order chi connectivity index (χ0) is 15.6. The van der Waals surface area contributed by atoms with E-state index in [2.05, 4.69) is 5.43 Å². The number of aryl methyl sites for hydroxylation is 1. The molecule has 118 valence electrons. The molecule has 1 aromatic rings. The Bertz CT molecular complexity index is 487. The average Bonchev–Trinajstić information content (AvgIpc) is 2.43. The number of nitrogens with one attached hydrogen (secondary N) is 1. The maximum absolute atomic E-state index is 13.7. The van der Waals surface area contributed by atoms with Gasteiger partial charge in [-0.25, -0.2) is 4.39 Å². The number of hydrogen-bond acceptors (Lipinski definition) is 2. The summed E-state index contributed by atoms with van der Waals surface area (Å²) in [6.45, 7) is 1.61. The van der Waals surface area contributed by atoms with Gasteiger partial charge in [0.15, 0.2) is 0 Å². The van der Waals surface area contributed by atoms with Crippen molar-refractivity contribution in [3.05, 3.63) is 35.1 Å². The molecule has 1 aliphatic carbocycles. The molecule has 6 heteroatoms. The summed E-state index contributed by atoms with van der Waals surface area (Å²) in [6.07, 6.45) is -2.39. The first-order valence-electron chi connectivity index (χ1n) is 7.13. The highest BCUT2D eigenvalue weighted by Gasteiger charge is 2.48. The van der Waals surface area contributed by atoms with Crippen molar-refractivity contribution in [1.82, 2.24) is 5.43 Å². The van der Waals surface area contributed by atoms with Crippen molar-refractivity contribution < 1.29 is 17.6 Å². The molecule has 0 bridgehead atoms. The molecule has 0 heterocycles. The number of rotatable bonds is 3. The first-order chi connectivity index (χ1) is 9.84. The Morgan fingerprint density at radius 2 is 1.90 bits per heavy atom. The number of halogens is 4. The summed E-state index contributed by atoms with van der Waals surface area (Å²) < 4.78 is 53.3. The number of hydrazine groups is 1. The van der Waals surface area contributed by atoms with Gasteiger partial charge in [-0.1, -0.05) is 25.0 Å². The van der Waals surface area contributed by atoms with Crippen LogP contribution in [0.15, 0.2) is 18.2 Å². The maximum atomic E-state index is 13.7. The third-order valence-electron chi connectivity index (χ3n) is 4.40. The van der Waals surface area contributed by atoms with Crippen LogP contribution in [-0.2, 0) is 0 Å². The second kappa shape index (κ2) is 6.32. The Labute approximate surface area is 121 Å². The van der Waals surface area contributed by atoms with Gasteiger partial charge in [0, 0.05) is 6.04 Å². The topological polar surface area (TPSA) is 38.0 Å². The molecule has 0 aromatic heterocycles. The minimum absolute atomic E-state index is 0.112. The molecule has 3 atom stereocenters. The van der Waals surface area contributed by atoms with Crippen LogP contribution in [0.5, 0.6) is 0 Å². The second-order valence-corrected chi connectivity index (χ2v) is 5.75. The standard InChI is InChI=1S/C15H20F4N2/c1-9-6-7-10(8-13(9)16)14(21-20)11-4-2-3-5-12(11)15(17,18)19/h6-8,11-12,14,21H,2-5,20H2,1H3. The van der Waals surface area contributed by atoms with Crippen LogP contribution >= 0.6 is 0 Å². The number of benzene rings is 1. The molecular formula is C15H20F4N2. The van der Waals surface area contributed by atoms with E-state index in [1.54, 1.807) is 19.1 Å². The minimum Gasteiger partial charge on any atom is -0.271 e. The van der Waals surface area contributed by atoms with E-state index in [0.29, 0.717) is 24.0 Å². The van der Waals surface area contributed by atoms with Crippen LogP contribution in [0.1, 0.15) is 42.9 Å². The predicted octanol–water partition coefficient (Wildman–Crippen LogP) is 4.01. The van der Waals surface area contributed by atoms with Crippen LogP contribution in [0.2, 0.25) is 0 Å². The van der Waals surface area contributed by atoms with Crippen molar-refractivity contribution in [3.63, 3.8) is 0 Å². The van der Waals surface area contributed by atoms with Gasteiger partial charge in [0.25, 0.3) is 0 Å². The summed E-state index contributed by atoms with van der Waals surface area (Å²) in [5.74, 6) is 3.01. The zero-order valence-corrected chi connectivity index (χ0v) is 11.9. The predicted molar refractivity (Wildman–Crippen MR) is 72.7 cm³/mol. The Hall–Kier alpha value is -1.14. The summed E-state index contributed by atoms with van der Waals surface area (Å²) in [5.41, 5.74) is 3.41. The maximum Gasteiger partial charge on any atom is 0.392 e. The van der Waals surface area contributed by atoms with Gasteiger partial charge in [-0.15, -0.1) is 0 Å². The number of nitrogens with two attached hydrogens (primary N) is 1. The van der Waals surface area contributed by atoms with Crippen molar-refractivity contribution in [2.24, 2.45) is 17.7 Å². The summed E-state index contributed by atoms with van der Waals surface area (Å²) in [7, 11) is 0. The minimum atomic E-state index is -4.25. The van der Waals surface area contributed by atoms with Gasteiger partial charge in [0.05, 0.1) is 5.92 Å². The van der Waals surface area contributed by atoms with Gasteiger partial charge in [-0.2, -0.15) is 13.2 Å². The number of alkyl halides is 3. The largest absolute Gasteiger partial charge is 0.392 e. The lowest BCUT2D eigenvalue weighted by atomic mass is 9.73. The van der Waals surface area contributed by atoms with E-state index >= 15 is 0 Å². The van der Waals surface area contributed by atoms with E-state index in [9.17, 15) is 17.6 Å². The highest BCUT2D eigenvalue weighted by atomic mass is 19.4. The lowest BCUT2D eigenvalue weighted by molar-refractivity contribution is -0.199. The van der Waals surface area contributed by atoms with Gasteiger partial charge in [-0.3, -0.25) is 11.3 Å². The molecule has 1 saturated carbocycles. The third-order valence-corrected chi connectivity index (χ3v) is 4.40. The first-order valence-corrected chi connectivity index (χ1v) is 7.13. The van der Waals surface area contributed by atoms with E-state index < -0.39 is 29.9 Å². The normalized spacial score (nSPS) is 24.9. The lowest BCUT2D eigenvalue weighted by Gasteiger charge is -2.38. The van der Waals surface area contributed by atoms with Gasteiger partial charge in [0.1, 0.15) is 5.82 Å². The molecule has 1 fully saturated rings. The van der Waals surface area contributed by atoms with E-state index in [4.69, 9.17) is 5.84 Å². The summed E-state index contributed by atoms with van der Waals surface area (Å²) in [6, 6.07) is 3.81. The lowest BCUT2D eigenvalue weighted by Crippen LogP contribution is -2.43. The van der Waals surface area contributed by atoms with Gasteiger partial charge < -0.3 is 0 Å². The average molecular weight is 304 g/mol. The Morgan fingerprint density at radius 1 is 1.24 bits per heavy atom. The molecule has 1 aromatic carbocycles. The molecule has 3 N–H and O–H groups in total. The Morgan fingerprint density at radius 3 is 2.48 bits per heavy atom. The van der Waals surface area contributed by atoms with Gasteiger partial charge in [-0.05, 0) is 42.9 Å². The third kappa shape index (κ3) is 3.55. The fourth-order valence-corrected chi connectivity index (χ4v) is 3.23. The van der Waals surface area contributed by atoms with E-state index in [-0.39, 0.29) is 6.42 Å². The van der Waals surface area contributed by atoms with Crippen molar-refractivity contribution in [3.8, 4) is 0 Å². The van der Waals surface area contributed by atoms with Crippen LogP contribution in [0.3, 0.4) is 0 Å². The highest BCUT2D eigenvalue weighted by molar-refractivity contribution is 5.26. The quantitative estimate of drug-likeness (QED) is 0.503. The Balaban J connectivity index is 2.31. The molecule has 3 unspecified atom stereocenters. The Kier molecular flexibility index (Phi) is 4.88. The van der Waals surface area contributed by atoms with Crippen LogP contribution < -0.4 is 11.3 Å². The van der Waals surface area contributed by atoms with Crippen molar-refractivity contribution in [2.45, 2.75) is 44.8 Å². The molecule has 0 saturated heterocycles. The van der Waals surface area contributed by atoms with Crippen molar-refractivity contribution in [2.75, 3.05) is 0 Å². The molecule has 0 amide bonds. The van der Waals surface area contributed by atoms with Crippen molar-refractivity contribution >= 4 is 0 Å². The van der Waals surface area contributed by atoms with Gasteiger partial charge >= 0.3 is 6.18 Å². The van der Waals surface area contributed by atoms with Crippen molar-refractivity contribution in [1.29, 1.82) is 0 Å². The molecule has 0 aliphatic heterocycles. The molecule has 2 nitrogen and oxygen atoms in total. The van der Waals surface area contributed by atoms with E-state index in [0.717, 1.165) is 6.42 Å². The molecule has 2 rings (SSSR count). The second-order valence-electron chi connectivity index (χ2n) is 5.75. The molecule has 1 aliphatic rings. The monoisotopic (exact) mass is 304 g/mol. The summed E-state index contributed by atoms with van der Waals surface area (Å²) in [5, 5.41) is 0. The molecule has 0 spiro atoms. The van der Waals surface area contributed by atoms with Crippen LogP contribution in [0, 0.1) is 24.6 Å². The van der Waals surface area contributed by atoms with Crippen LogP contribution in [0.25, 0.3) is 0 Å². The summed E-state index contributed by atoms with van der Waals surface area (Å²) in [4.78, 5) is 0. The molecular weight excluding hydrogens is 284 g/mol.